The summed E-state index contributed by atoms with van der Waals surface area (Å²) in [7, 11) is 0. The van der Waals surface area contributed by atoms with E-state index in [0.29, 0.717) is 0 Å². The molecule has 0 unspecified atom stereocenters. The van der Waals surface area contributed by atoms with Gasteiger partial charge in [-0.05, 0) is 39.5 Å². The van der Waals surface area contributed by atoms with Gasteiger partial charge < -0.3 is 5.11 Å². The van der Waals surface area contributed by atoms with Gasteiger partial charge in [0.2, 0.25) is 0 Å². The molecular weight excluding hydrogens is 136 g/mol. The van der Waals surface area contributed by atoms with Gasteiger partial charge in [-0.25, -0.2) is 0 Å². The molecule has 1 heteroatoms. The summed E-state index contributed by atoms with van der Waals surface area (Å²) < 4.78 is 0. The minimum atomic E-state index is -0.486. The lowest BCUT2D eigenvalue weighted by atomic mass is 10.0. The van der Waals surface area contributed by atoms with E-state index in [2.05, 4.69) is 19.1 Å². The maximum absolute atomic E-state index is 9.35. The third kappa shape index (κ3) is 9.70. The van der Waals surface area contributed by atoms with Crippen LogP contribution in [0.5, 0.6) is 0 Å². The standard InChI is InChI=1S/C10H20O/c1-4-5-6-7-8-9-10(2,3)11/h5-6,11H,4,7-9H2,1-3H3/b6-5+. The Morgan fingerprint density at radius 2 is 1.91 bits per heavy atom. The predicted octanol–water partition coefficient (Wildman–Crippen LogP) is 2.89. The van der Waals surface area contributed by atoms with Crippen LogP contribution in [0.3, 0.4) is 0 Å². The fourth-order valence-corrected chi connectivity index (χ4v) is 0.937. The smallest absolute Gasteiger partial charge is 0.0591 e. The van der Waals surface area contributed by atoms with Gasteiger partial charge in [0.1, 0.15) is 0 Å². The average Bonchev–Trinajstić information content (AvgIpc) is 1.85. The van der Waals surface area contributed by atoms with Crippen molar-refractivity contribution < 1.29 is 5.11 Å². The minimum absolute atomic E-state index is 0.486. The van der Waals surface area contributed by atoms with Gasteiger partial charge in [-0.3, -0.25) is 0 Å². The zero-order valence-corrected chi connectivity index (χ0v) is 7.93. The zero-order valence-electron chi connectivity index (χ0n) is 7.93. The minimum Gasteiger partial charge on any atom is -0.390 e. The highest BCUT2D eigenvalue weighted by Crippen LogP contribution is 2.11. The van der Waals surface area contributed by atoms with Crippen molar-refractivity contribution in [2.75, 3.05) is 0 Å². The second-order valence-electron chi connectivity index (χ2n) is 3.58. The quantitative estimate of drug-likeness (QED) is 0.479. The molecule has 1 N–H and O–H groups in total. The molecule has 0 amide bonds. The molecule has 0 fully saturated rings. The molecule has 0 aromatic rings. The Morgan fingerprint density at radius 1 is 1.27 bits per heavy atom. The Morgan fingerprint density at radius 3 is 2.36 bits per heavy atom. The highest BCUT2D eigenvalue weighted by molar-refractivity contribution is 4.80. The first-order chi connectivity index (χ1) is 5.06. The van der Waals surface area contributed by atoms with Gasteiger partial charge in [0.15, 0.2) is 0 Å². The topological polar surface area (TPSA) is 20.2 Å². The van der Waals surface area contributed by atoms with Crippen LogP contribution < -0.4 is 0 Å². The van der Waals surface area contributed by atoms with Crippen LogP contribution in [-0.2, 0) is 0 Å². The highest BCUT2D eigenvalue weighted by atomic mass is 16.3. The summed E-state index contributed by atoms with van der Waals surface area (Å²) in [6, 6.07) is 0. The normalized spacial score (nSPS) is 12.7. The Bertz CT molecular complexity index is 109. The first-order valence-electron chi connectivity index (χ1n) is 4.43. The van der Waals surface area contributed by atoms with Gasteiger partial charge >= 0.3 is 0 Å². The van der Waals surface area contributed by atoms with Crippen molar-refractivity contribution in [3.63, 3.8) is 0 Å². The van der Waals surface area contributed by atoms with E-state index >= 15 is 0 Å². The first-order valence-corrected chi connectivity index (χ1v) is 4.43. The van der Waals surface area contributed by atoms with Crippen LogP contribution in [0.2, 0.25) is 0 Å². The van der Waals surface area contributed by atoms with Crippen molar-refractivity contribution in [3.05, 3.63) is 12.2 Å². The van der Waals surface area contributed by atoms with Crippen molar-refractivity contribution in [2.24, 2.45) is 0 Å². The maximum Gasteiger partial charge on any atom is 0.0591 e. The molecule has 0 saturated heterocycles. The Kier molecular flexibility index (Phi) is 5.22. The number of allylic oxidation sites excluding steroid dienone is 2. The Balaban J connectivity index is 3.21. The summed E-state index contributed by atoms with van der Waals surface area (Å²) >= 11 is 0. The fraction of sp³-hybridized carbons (Fsp3) is 0.800. The number of rotatable bonds is 5. The van der Waals surface area contributed by atoms with Gasteiger partial charge in [-0.15, -0.1) is 0 Å². The molecule has 66 valence electrons. The van der Waals surface area contributed by atoms with Crippen LogP contribution in [0.25, 0.3) is 0 Å². The average molecular weight is 156 g/mol. The summed E-state index contributed by atoms with van der Waals surface area (Å²) in [4.78, 5) is 0. The van der Waals surface area contributed by atoms with Gasteiger partial charge in [0, 0.05) is 0 Å². The molecule has 0 spiro atoms. The highest BCUT2D eigenvalue weighted by Gasteiger charge is 2.09. The van der Waals surface area contributed by atoms with Crippen molar-refractivity contribution in [1.82, 2.24) is 0 Å². The van der Waals surface area contributed by atoms with Gasteiger partial charge in [-0.1, -0.05) is 19.1 Å². The van der Waals surface area contributed by atoms with Crippen LogP contribution in [0.15, 0.2) is 12.2 Å². The second kappa shape index (κ2) is 5.36. The van der Waals surface area contributed by atoms with E-state index in [1.807, 2.05) is 13.8 Å². The Labute approximate surface area is 70.1 Å². The van der Waals surface area contributed by atoms with Crippen molar-refractivity contribution in [2.45, 2.75) is 52.1 Å². The first kappa shape index (κ1) is 10.7. The van der Waals surface area contributed by atoms with Crippen molar-refractivity contribution >= 4 is 0 Å². The number of hydrogen-bond acceptors (Lipinski definition) is 1. The van der Waals surface area contributed by atoms with Crippen molar-refractivity contribution in [3.8, 4) is 0 Å². The molecule has 0 heterocycles. The molecule has 0 aliphatic carbocycles. The maximum atomic E-state index is 9.35. The van der Waals surface area contributed by atoms with Crippen LogP contribution in [0.4, 0.5) is 0 Å². The summed E-state index contributed by atoms with van der Waals surface area (Å²) in [6.07, 6.45) is 8.54. The summed E-state index contributed by atoms with van der Waals surface area (Å²) in [5.41, 5.74) is -0.486. The molecule has 1 nitrogen and oxygen atoms in total. The third-order valence-corrected chi connectivity index (χ3v) is 1.56. The molecule has 11 heavy (non-hydrogen) atoms. The van der Waals surface area contributed by atoms with Gasteiger partial charge in [0.25, 0.3) is 0 Å². The largest absolute Gasteiger partial charge is 0.390 e. The zero-order chi connectivity index (χ0) is 8.74. The summed E-state index contributed by atoms with van der Waals surface area (Å²) in [5, 5.41) is 9.35. The van der Waals surface area contributed by atoms with Crippen molar-refractivity contribution in [1.29, 1.82) is 0 Å². The third-order valence-electron chi connectivity index (χ3n) is 1.56. The lowest BCUT2D eigenvalue weighted by Crippen LogP contribution is -2.17. The lowest BCUT2D eigenvalue weighted by molar-refractivity contribution is 0.0691. The molecule has 0 aromatic carbocycles. The van der Waals surface area contributed by atoms with E-state index in [-0.39, 0.29) is 0 Å². The monoisotopic (exact) mass is 156 g/mol. The van der Waals surface area contributed by atoms with E-state index < -0.39 is 5.60 Å². The number of unbranched alkanes of at least 4 members (excludes halogenated alkanes) is 1. The Hall–Kier alpha value is -0.300. The molecule has 0 aliphatic rings. The number of aliphatic hydroxyl groups is 1. The second-order valence-corrected chi connectivity index (χ2v) is 3.58. The molecular formula is C10H20O. The van der Waals surface area contributed by atoms with E-state index in [0.717, 1.165) is 25.7 Å². The molecule has 0 saturated carbocycles. The van der Waals surface area contributed by atoms with E-state index in [1.165, 1.54) is 0 Å². The summed E-state index contributed by atoms with van der Waals surface area (Å²) in [5.74, 6) is 0. The van der Waals surface area contributed by atoms with Crippen LogP contribution in [-0.4, -0.2) is 10.7 Å². The van der Waals surface area contributed by atoms with Crippen LogP contribution >= 0.6 is 0 Å². The van der Waals surface area contributed by atoms with E-state index in [9.17, 15) is 5.11 Å². The van der Waals surface area contributed by atoms with Gasteiger partial charge in [-0.2, -0.15) is 0 Å². The number of hydrogen-bond donors (Lipinski definition) is 1. The molecule has 0 aliphatic heterocycles. The van der Waals surface area contributed by atoms with Crippen LogP contribution in [0.1, 0.15) is 46.5 Å². The molecule has 0 radical (unpaired) electrons. The van der Waals surface area contributed by atoms with E-state index in [1.54, 1.807) is 0 Å². The fourth-order valence-electron chi connectivity index (χ4n) is 0.937. The SMILES string of the molecule is CC/C=C/CCCC(C)(C)O. The van der Waals surface area contributed by atoms with E-state index in [4.69, 9.17) is 0 Å². The molecule has 0 bridgehead atoms. The molecule has 0 aromatic heterocycles. The lowest BCUT2D eigenvalue weighted by Gasteiger charge is -2.15. The summed E-state index contributed by atoms with van der Waals surface area (Å²) in [6.45, 7) is 5.85. The molecule has 0 atom stereocenters. The molecule has 0 rings (SSSR count). The van der Waals surface area contributed by atoms with Gasteiger partial charge in [0.05, 0.1) is 5.60 Å². The predicted molar refractivity (Wildman–Crippen MR) is 49.6 cm³/mol. The van der Waals surface area contributed by atoms with Crippen LogP contribution in [0, 0.1) is 0 Å².